The van der Waals surface area contributed by atoms with Crippen LogP contribution in [0.5, 0.6) is 0 Å². The number of para-hydroxylation sites is 1. The van der Waals surface area contributed by atoms with Crippen LogP contribution in [0.3, 0.4) is 0 Å². The first kappa shape index (κ1) is 17.9. The summed E-state index contributed by atoms with van der Waals surface area (Å²) < 4.78 is 54.0. The zero-order chi connectivity index (χ0) is 18.0. The van der Waals surface area contributed by atoms with Crippen LogP contribution in [0.2, 0.25) is 0 Å². The lowest BCUT2D eigenvalue weighted by Gasteiger charge is -2.11. The highest BCUT2D eigenvalue weighted by Crippen LogP contribution is 2.21. The molecule has 0 heterocycles. The number of sulfonamides is 2. The van der Waals surface area contributed by atoms with E-state index in [9.17, 15) is 21.6 Å². The third-order valence-electron chi connectivity index (χ3n) is 3.04. The predicted molar refractivity (Wildman–Crippen MR) is 86.4 cm³/mol. The first-order valence-corrected chi connectivity index (χ1v) is 9.51. The van der Waals surface area contributed by atoms with Crippen molar-refractivity contribution in [3.63, 3.8) is 0 Å². The second kappa shape index (κ2) is 6.59. The number of carbonyl (C=O) groups is 1. The Balaban J connectivity index is 2.38. The summed E-state index contributed by atoms with van der Waals surface area (Å²) in [7, 11) is -6.77. The maximum absolute atomic E-state index is 12.4. The predicted octanol–water partition coefficient (Wildman–Crippen LogP) is 0.921. The van der Waals surface area contributed by atoms with Gasteiger partial charge in [-0.1, -0.05) is 12.1 Å². The maximum Gasteiger partial charge on any atom is 0.339 e. The molecule has 2 aromatic rings. The van der Waals surface area contributed by atoms with E-state index in [1.807, 2.05) is 0 Å². The fourth-order valence-corrected chi connectivity index (χ4v) is 3.47. The van der Waals surface area contributed by atoms with Crippen molar-refractivity contribution in [1.29, 1.82) is 0 Å². The molecule has 0 bridgehead atoms. The molecule has 0 unspecified atom stereocenters. The van der Waals surface area contributed by atoms with Crippen LogP contribution in [-0.2, 0) is 24.8 Å². The maximum atomic E-state index is 12.4. The standard InChI is InChI=1S/C14H14N2O6S2/c1-22-14(17)12-4-2-3-5-13(12)16-24(20,21)11-8-6-10(7-9-11)23(15,18)19/h2-9,16H,1H3,(H2,15,18,19). The minimum absolute atomic E-state index is 0.0415. The molecule has 3 N–H and O–H groups in total. The van der Waals surface area contributed by atoms with Gasteiger partial charge in [-0.2, -0.15) is 0 Å². The molecule has 0 radical (unpaired) electrons. The molecule has 0 aromatic heterocycles. The molecule has 0 spiro atoms. The SMILES string of the molecule is COC(=O)c1ccccc1NS(=O)(=O)c1ccc(S(N)(=O)=O)cc1. The molecule has 0 aliphatic heterocycles. The van der Waals surface area contributed by atoms with Crippen molar-refractivity contribution >= 4 is 31.7 Å². The number of anilines is 1. The number of primary sulfonamides is 1. The Morgan fingerprint density at radius 2 is 1.50 bits per heavy atom. The molecule has 0 fully saturated rings. The minimum atomic E-state index is -4.03. The summed E-state index contributed by atoms with van der Waals surface area (Å²) in [5.74, 6) is -0.696. The van der Waals surface area contributed by atoms with E-state index < -0.39 is 26.0 Å². The molecule has 0 saturated heterocycles. The Morgan fingerprint density at radius 1 is 0.958 bits per heavy atom. The third kappa shape index (κ3) is 3.91. The van der Waals surface area contributed by atoms with Gasteiger partial charge >= 0.3 is 5.97 Å². The lowest BCUT2D eigenvalue weighted by atomic mass is 10.2. The van der Waals surface area contributed by atoms with Gasteiger partial charge in [0.25, 0.3) is 10.0 Å². The first-order valence-electron chi connectivity index (χ1n) is 6.48. The average molecular weight is 370 g/mol. The first-order chi connectivity index (χ1) is 11.1. The van der Waals surface area contributed by atoms with Gasteiger partial charge in [-0.3, -0.25) is 4.72 Å². The van der Waals surface area contributed by atoms with Crippen molar-refractivity contribution < 1.29 is 26.4 Å². The Kier molecular flexibility index (Phi) is 4.92. The number of hydrogen-bond acceptors (Lipinski definition) is 6. The quantitative estimate of drug-likeness (QED) is 0.752. The van der Waals surface area contributed by atoms with Gasteiger partial charge in [0, 0.05) is 0 Å². The number of nitrogens with one attached hydrogen (secondary N) is 1. The van der Waals surface area contributed by atoms with Crippen LogP contribution in [0.1, 0.15) is 10.4 Å². The second-order valence-corrected chi connectivity index (χ2v) is 7.90. The van der Waals surface area contributed by atoms with Crippen molar-refractivity contribution in [2.75, 3.05) is 11.8 Å². The largest absolute Gasteiger partial charge is 0.465 e. The summed E-state index contributed by atoms with van der Waals surface area (Å²) in [6.07, 6.45) is 0. The number of methoxy groups -OCH3 is 1. The van der Waals surface area contributed by atoms with Crippen LogP contribution >= 0.6 is 0 Å². The molecule has 0 amide bonds. The van der Waals surface area contributed by atoms with Crippen LogP contribution in [0.4, 0.5) is 5.69 Å². The summed E-state index contributed by atoms with van der Waals surface area (Å²) in [6, 6.07) is 10.3. The normalized spacial score (nSPS) is 11.8. The highest BCUT2D eigenvalue weighted by Gasteiger charge is 2.19. The van der Waals surface area contributed by atoms with E-state index in [2.05, 4.69) is 9.46 Å². The third-order valence-corrected chi connectivity index (χ3v) is 5.35. The van der Waals surface area contributed by atoms with Crippen LogP contribution < -0.4 is 9.86 Å². The van der Waals surface area contributed by atoms with Gasteiger partial charge in [0.05, 0.1) is 28.2 Å². The number of carbonyl (C=O) groups excluding carboxylic acids is 1. The molecule has 0 aliphatic carbocycles. The van der Waals surface area contributed by atoms with Gasteiger partial charge in [0.2, 0.25) is 10.0 Å². The molecule has 0 saturated carbocycles. The summed E-state index contributed by atoms with van der Waals surface area (Å²) in [5, 5.41) is 4.96. The van der Waals surface area contributed by atoms with Crippen molar-refractivity contribution in [2.24, 2.45) is 5.14 Å². The van der Waals surface area contributed by atoms with Gasteiger partial charge < -0.3 is 4.74 Å². The molecular weight excluding hydrogens is 356 g/mol. The molecule has 0 aliphatic rings. The van der Waals surface area contributed by atoms with Gasteiger partial charge in [-0.15, -0.1) is 0 Å². The zero-order valence-electron chi connectivity index (χ0n) is 12.5. The molecule has 24 heavy (non-hydrogen) atoms. The van der Waals surface area contributed by atoms with Gasteiger partial charge in [-0.05, 0) is 36.4 Å². The van der Waals surface area contributed by atoms with Crippen LogP contribution in [0.25, 0.3) is 0 Å². The number of benzene rings is 2. The fourth-order valence-electron chi connectivity index (χ4n) is 1.87. The topological polar surface area (TPSA) is 133 Å². The number of rotatable bonds is 5. The van der Waals surface area contributed by atoms with E-state index in [1.165, 1.54) is 19.2 Å². The number of ether oxygens (including phenoxy) is 1. The Labute approximate surface area is 139 Å². The van der Waals surface area contributed by atoms with Crippen LogP contribution in [-0.4, -0.2) is 29.9 Å². The molecular formula is C14H14N2O6S2. The van der Waals surface area contributed by atoms with E-state index in [0.717, 1.165) is 24.3 Å². The smallest absolute Gasteiger partial charge is 0.339 e. The van der Waals surface area contributed by atoms with Gasteiger partial charge in [0.1, 0.15) is 0 Å². The zero-order valence-corrected chi connectivity index (χ0v) is 14.1. The minimum Gasteiger partial charge on any atom is -0.465 e. The highest BCUT2D eigenvalue weighted by atomic mass is 32.2. The summed E-state index contributed by atoms with van der Waals surface area (Å²) in [6.45, 7) is 0. The molecule has 0 atom stereocenters. The van der Waals surface area contributed by atoms with E-state index in [-0.39, 0.29) is 21.0 Å². The number of esters is 1. The molecule has 2 rings (SSSR count). The number of nitrogens with two attached hydrogens (primary N) is 1. The molecule has 2 aromatic carbocycles. The summed E-state index contributed by atoms with van der Waals surface area (Å²) in [4.78, 5) is 11.3. The monoisotopic (exact) mass is 370 g/mol. The van der Waals surface area contributed by atoms with Gasteiger partial charge in [0.15, 0.2) is 0 Å². The van der Waals surface area contributed by atoms with Crippen molar-refractivity contribution in [3.05, 3.63) is 54.1 Å². The lowest BCUT2D eigenvalue weighted by Crippen LogP contribution is -2.17. The lowest BCUT2D eigenvalue weighted by molar-refractivity contribution is 0.0602. The van der Waals surface area contributed by atoms with Crippen molar-refractivity contribution in [3.8, 4) is 0 Å². The Bertz CT molecular complexity index is 967. The van der Waals surface area contributed by atoms with Gasteiger partial charge in [-0.25, -0.2) is 26.8 Å². The van der Waals surface area contributed by atoms with Crippen molar-refractivity contribution in [2.45, 2.75) is 9.79 Å². The van der Waals surface area contributed by atoms with E-state index in [0.29, 0.717) is 0 Å². The van der Waals surface area contributed by atoms with Crippen molar-refractivity contribution in [1.82, 2.24) is 0 Å². The summed E-state index contributed by atoms with van der Waals surface area (Å²) >= 11 is 0. The second-order valence-electron chi connectivity index (χ2n) is 4.66. The summed E-state index contributed by atoms with van der Waals surface area (Å²) in [5.41, 5.74) is 0.0876. The highest BCUT2D eigenvalue weighted by molar-refractivity contribution is 7.92. The van der Waals surface area contributed by atoms with E-state index >= 15 is 0 Å². The Hall–Kier alpha value is -2.43. The average Bonchev–Trinajstić information content (AvgIpc) is 2.53. The molecule has 10 heteroatoms. The fraction of sp³-hybridized carbons (Fsp3) is 0.0714. The van der Waals surface area contributed by atoms with Crippen LogP contribution in [0.15, 0.2) is 58.3 Å². The van der Waals surface area contributed by atoms with E-state index in [1.54, 1.807) is 12.1 Å². The molecule has 8 nitrogen and oxygen atoms in total. The molecule has 128 valence electrons. The van der Waals surface area contributed by atoms with E-state index in [4.69, 9.17) is 5.14 Å². The number of hydrogen-bond donors (Lipinski definition) is 2. The Morgan fingerprint density at radius 3 is 2.04 bits per heavy atom. The van der Waals surface area contributed by atoms with Crippen LogP contribution in [0, 0.1) is 0 Å².